The minimum Gasteiger partial charge on any atom is -0.215 e. The molecular weight excluding hydrogens is 282 g/mol. The summed E-state index contributed by atoms with van der Waals surface area (Å²) in [6.45, 7) is 0.610. The molecular formula is C14H26ClNO2S. The van der Waals surface area contributed by atoms with Crippen molar-refractivity contribution in [3.05, 3.63) is 0 Å². The van der Waals surface area contributed by atoms with E-state index in [2.05, 4.69) is 4.72 Å². The van der Waals surface area contributed by atoms with Crippen LogP contribution in [0.5, 0.6) is 0 Å². The Morgan fingerprint density at radius 1 is 0.895 bits per heavy atom. The Kier molecular flexibility index (Phi) is 5.97. The van der Waals surface area contributed by atoms with Gasteiger partial charge in [-0.15, -0.1) is 11.6 Å². The van der Waals surface area contributed by atoms with E-state index in [1.165, 1.54) is 19.3 Å². The fourth-order valence-electron chi connectivity index (χ4n) is 3.29. The van der Waals surface area contributed by atoms with Crippen molar-refractivity contribution in [1.82, 2.24) is 4.72 Å². The predicted octanol–water partition coefficient (Wildman–Crippen LogP) is 3.28. The number of rotatable bonds is 5. The zero-order chi connectivity index (χ0) is 13.7. The fourth-order valence-corrected chi connectivity index (χ4v) is 5.11. The molecule has 3 nitrogen and oxygen atoms in total. The lowest BCUT2D eigenvalue weighted by Crippen LogP contribution is -2.35. The Morgan fingerprint density at radius 3 is 2.16 bits per heavy atom. The summed E-state index contributed by atoms with van der Waals surface area (Å²) in [5, 5.41) is 0.301. The monoisotopic (exact) mass is 307 g/mol. The third-order valence-electron chi connectivity index (χ3n) is 4.55. The van der Waals surface area contributed by atoms with Crippen LogP contribution in [0.1, 0.15) is 57.8 Å². The molecule has 0 spiro atoms. The van der Waals surface area contributed by atoms with E-state index < -0.39 is 10.0 Å². The highest BCUT2D eigenvalue weighted by Crippen LogP contribution is 2.28. The van der Waals surface area contributed by atoms with Gasteiger partial charge in [0.15, 0.2) is 0 Å². The van der Waals surface area contributed by atoms with Crippen molar-refractivity contribution in [2.45, 2.75) is 63.2 Å². The third-order valence-corrected chi connectivity index (χ3v) is 6.50. The molecule has 0 atom stereocenters. The summed E-state index contributed by atoms with van der Waals surface area (Å²) in [4.78, 5) is 0. The third kappa shape index (κ3) is 5.60. The van der Waals surface area contributed by atoms with Gasteiger partial charge in [0.05, 0.1) is 5.75 Å². The van der Waals surface area contributed by atoms with Crippen molar-refractivity contribution in [2.24, 2.45) is 11.8 Å². The largest absolute Gasteiger partial charge is 0.215 e. The van der Waals surface area contributed by atoms with Crippen LogP contribution in [0, 0.1) is 11.8 Å². The molecule has 0 aromatic heterocycles. The molecule has 2 aliphatic rings. The zero-order valence-corrected chi connectivity index (χ0v) is 13.2. The quantitative estimate of drug-likeness (QED) is 0.792. The van der Waals surface area contributed by atoms with E-state index in [0.29, 0.717) is 29.5 Å². The number of alkyl halides is 1. The first kappa shape index (κ1) is 15.6. The smallest absolute Gasteiger partial charge is 0.211 e. The zero-order valence-electron chi connectivity index (χ0n) is 11.6. The van der Waals surface area contributed by atoms with Crippen molar-refractivity contribution in [3.63, 3.8) is 0 Å². The van der Waals surface area contributed by atoms with Crippen molar-refractivity contribution >= 4 is 21.6 Å². The Morgan fingerprint density at radius 2 is 1.53 bits per heavy atom. The van der Waals surface area contributed by atoms with Crippen molar-refractivity contribution < 1.29 is 8.42 Å². The van der Waals surface area contributed by atoms with Gasteiger partial charge in [-0.2, -0.15) is 0 Å². The molecule has 112 valence electrons. The molecule has 0 aromatic rings. The number of hydrogen-bond donors (Lipinski definition) is 1. The van der Waals surface area contributed by atoms with Gasteiger partial charge in [0.2, 0.25) is 10.0 Å². The molecule has 19 heavy (non-hydrogen) atoms. The molecule has 5 heteroatoms. The van der Waals surface area contributed by atoms with E-state index in [1.807, 2.05) is 0 Å². The van der Waals surface area contributed by atoms with Crippen LogP contribution in [0.25, 0.3) is 0 Å². The molecule has 2 aliphatic carbocycles. The summed E-state index contributed by atoms with van der Waals surface area (Å²) >= 11 is 6.06. The second-order valence-corrected chi connectivity index (χ2v) is 8.72. The fraction of sp³-hybridized carbons (Fsp3) is 1.00. The lowest BCUT2D eigenvalue weighted by atomic mass is 9.89. The summed E-state index contributed by atoms with van der Waals surface area (Å²) < 4.78 is 27.0. The van der Waals surface area contributed by atoms with Gasteiger partial charge in [-0.05, 0) is 50.4 Å². The van der Waals surface area contributed by atoms with E-state index in [1.54, 1.807) is 0 Å². The van der Waals surface area contributed by atoms with Crippen LogP contribution in [0.4, 0.5) is 0 Å². The maximum absolute atomic E-state index is 12.1. The predicted molar refractivity (Wildman–Crippen MR) is 80.0 cm³/mol. The van der Waals surface area contributed by atoms with E-state index in [9.17, 15) is 8.42 Å². The minimum atomic E-state index is -3.08. The number of nitrogens with one attached hydrogen (secondary N) is 1. The van der Waals surface area contributed by atoms with Crippen molar-refractivity contribution in [2.75, 3.05) is 12.3 Å². The van der Waals surface area contributed by atoms with Crippen LogP contribution in [-0.2, 0) is 10.0 Å². The Labute approximate surface area is 122 Å². The van der Waals surface area contributed by atoms with Crippen molar-refractivity contribution in [1.29, 1.82) is 0 Å². The molecule has 2 rings (SSSR count). The molecule has 0 saturated heterocycles. The van der Waals surface area contributed by atoms with Crippen molar-refractivity contribution in [3.8, 4) is 0 Å². The lowest BCUT2D eigenvalue weighted by Gasteiger charge is -2.26. The highest BCUT2D eigenvalue weighted by molar-refractivity contribution is 7.89. The first-order valence-corrected chi connectivity index (χ1v) is 9.75. The number of hydrogen-bond acceptors (Lipinski definition) is 2. The van der Waals surface area contributed by atoms with Crippen LogP contribution < -0.4 is 4.72 Å². The number of sulfonamides is 1. The van der Waals surface area contributed by atoms with E-state index >= 15 is 0 Å². The minimum absolute atomic E-state index is 0.301. The summed E-state index contributed by atoms with van der Waals surface area (Å²) in [6, 6.07) is 0. The van der Waals surface area contributed by atoms with Gasteiger partial charge < -0.3 is 0 Å². The molecule has 0 aromatic carbocycles. The second-order valence-electron chi connectivity index (χ2n) is 6.25. The molecule has 2 saturated carbocycles. The Bertz CT molecular complexity index is 358. The van der Waals surface area contributed by atoms with E-state index in [-0.39, 0.29) is 0 Å². The summed E-state index contributed by atoms with van der Waals surface area (Å²) in [6.07, 6.45) is 9.98. The van der Waals surface area contributed by atoms with Gasteiger partial charge in [-0.1, -0.05) is 19.3 Å². The van der Waals surface area contributed by atoms with E-state index in [4.69, 9.17) is 11.6 Å². The topological polar surface area (TPSA) is 46.2 Å². The SMILES string of the molecule is O=S(=O)(CC1CCCCC1)NCC1CCC(Cl)CC1. The molecule has 0 heterocycles. The highest BCUT2D eigenvalue weighted by atomic mass is 35.5. The summed E-state index contributed by atoms with van der Waals surface area (Å²) in [7, 11) is -3.08. The van der Waals surface area contributed by atoms with Gasteiger partial charge in [-0.25, -0.2) is 13.1 Å². The normalized spacial score (nSPS) is 30.4. The molecule has 2 fully saturated rings. The second kappa shape index (κ2) is 7.28. The molecule has 0 unspecified atom stereocenters. The highest BCUT2D eigenvalue weighted by Gasteiger charge is 2.24. The van der Waals surface area contributed by atoms with Gasteiger partial charge in [0, 0.05) is 11.9 Å². The van der Waals surface area contributed by atoms with Gasteiger partial charge in [0.25, 0.3) is 0 Å². The molecule has 0 amide bonds. The first-order chi connectivity index (χ1) is 9.05. The summed E-state index contributed by atoms with van der Waals surface area (Å²) in [5.74, 6) is 1.19. The standard InChI is InChI=1S/C14H26ClNO2S/c15-14-8-6-12(7-9-14)10-16-19(17,18)11-13-4-2-1-3-5-13/h12-14,16H,1-11H2. The van der Waals surface area contributed by atoms with Crippen LogP contribution in [0.2, 0.25) is 0 Å². The van der Waals surface area contributed by atoms with Gasteiger partial charge in [-0.3, -0.25) is 0 Å². The Hall–Kier alpha value is 0.200. The summed E-state index contributed by atoms with van der Waals surface area (Å²) in [5.41, 5.74) is 0. The maximum atomic E-state index is 12.1. The molecule has 0 radical (unpaired) electrons. The molecule has 0 aliphatic heterocycles. The first-order valence-electron chi connectivity index (χ1n) is 7.66. The average molecular weight is 308 g/mol. The average Bonchev–Trinajstić information content (AvgIpc) is 2.39. The molecule has 1 N–H and O–H groups in total. The lowest BCUT2D eigenvalue weighted by molar-refractivity contribution is 0.358. The Balaban J connectivity index is 1.71. The van der Waals surface area contributed by atoms with Crippen LogP contribution in [0.3, 0.4) is 0 Å². The van der Waals surface area contributed by atoms with Gasteiger partial charge >= 0.3 is 0 Å². The maximum Gasteiger partial charge on any atom is 0.211 e. The van der Waals surface area contributed by atoms with Crippen LogP contribution >= 0.6 is 11.6 Å². The molecule has 0 bridgehead atoms. The van der Waals surface area contributed by atoms with Crippen LogP contribution in [0.15, 0.2) is 0 Å². The number of halogens is 1. The van der Waals surface area contributed by atoms with E-state index in [0.717, 1.165) is 38.5 Å². The van der Waals surface area contributed by atoms with Gasteiger partial charge in [0.1, 0.15) is 0 Å². The van der Waals surface area contributed by atoms with Crippen LogP contribution in [-0.4, -0.2) is 26.1 Å².